The molecule has 5 nitrogen and oxygen atoms in total. The maximum absolute atomic E-state index is 13.2. The van der Waals surface area contributed by atoms with E-state index in [-0.39, 0.29) is 11.7 Å². The number of carbonyl (C=O) groups excluding carboxylic acids is 1. The molecular weight excluding hydrogens is 339 g/mol. The summed E-state index contributed by atoms with van der Waals surface area (Å²) in [7, 11) is 0. The monoisotopic (exact) mass is 362 g/mol. The number of nitrogens with two attached hydrogens (primary N) is 1. The van der Waals surface area contributed by atoms with E-state index in [2.05, 4.69) is 11.8 Å². The minimum absolute atomic E-state index is 0.212. The Morgan fingerprint density at radius 3 is 2.64 bits per heavy atom. The van der Waals surface area contributed by atoms with Crippen molar-refractivity contribution in [2.75, 3.05) is 16.3 Å². The van der Waals surface area contributed by atoms with Crippen LogP contribution >= 0.6 is 11.3 Å². The van der Waals surface area contributed by atoms with Crippen molar-refractivity contribution in [3.05, 3.63) is 41.2 Å². The van der Waals surface area contributed by atoms with Crippen LogP contribution in [0.15, 0.2) is 29.6 Å². The smallest absolute Gasteiger partial charge is 0.243 e. The third kappa shape index (κ3) is 4.16. The predicted octanol–water partition coefficient (Wildman–Crippen LogP) is 3.15. The minimum Gasteiger partial charge on any atom is -0.345 e. The quantitative estimate of drug-likeness (QED) is 0.822. The number of benzene rings is 1. The first-order valence-corrected chi connectivity index (χ1v) is 9.41. The van der Waals surface area contributed by atoms with Crippen molar-refractivity contribution in [2.24, 2.45) is 5.73 Å². The van der Waals surface area contributed by atoms with Crippen molar-refractivity contribution in [1.29, 1.82) is 0 Å². The van der Waals surface area contributed by atoms with Crippen LogP contribution < -0.4 is 15.5 Å². The fraction of sp³-hybridized carbons (Fsp3) is 0.444. The van der Waals surface area contributed by atoms with Crippen molar-refractivity contribution in [3.8, 4) is 0 Å². The van der Waals surface area contributed by atoms with Crippen LogP contribution in [0.4, 0.5) is 15.2 Å². The van der Waals surface area contributed by atoms with Gasteiger partial charge in [0.05, 0.1) is 18.3 Å². The Morgan fingerprint density at radius 2 is 2.08 bits per heavy atom. The minimum atomic E-state index is -0.637. The first kappa shape index (κ1) is 17.8. The average Bonchev–Trinajstić information content (AvgIpc) is 3.32. The summed E-state index contributed by atoms with van der Waals surface area (Å²) < 4.78 is 13.2. The van der Waals surface area contributed by atoms with Gasteiger partial charge in [-0.25, -0.2) is 9.37 Å². The Kier molecular flexibility index (Phi) is 5.34. The van der Waals surface area contributed by atoms with Crippen LogP contribution in [0.1, 0.15) is 32.4 Å². The van der Waals surface area contributed by atoms with Gasteiger partial charge < -0.3 is 15.5 Å². The van der Waals surface area contributed by atoms with Gasteiger partial charge in [-0.2, -0.15) is 0 Å². The van der Waals surface area contributed by atoms with E-state index in [0.717, 1.165) is 17.4 Å². The molecule has 1 amide bonds. The van der Waals surface area contributed by atoms with Crippen molar-refractivity contribution in [2.45, 2.75) is 45.3 Å². The molecule has 2 N–H and O–H groups in total. The van der Waals surface area contributed by atoms with E-state index in [4.69, 9.17) is 10.7 Å². The molecule has 2 aromatic rings. The van der Waals surface area contributed by atoms with Gasteiger partial charge in [0.25, 0.3) is 0 Å². The Bertz CT molecular complexity index is 727. The second kappa shape index (κ2) is 7.49. The molecule has 25 heavy (non-hydrogen) atoms. The third-order valence-corrected chi connectivity index (χ3v) is 5.15. The zero-order valence-electron chi connectivity index (χ0n) is 14.5. The zero-order valence-corrected chi connectivity index (χ0v) is 15.3. The number of aromatic nitrogens is 1. The van der Waals surface area contributed by atoms with Gasteiger partial charge in [0.2, 0.25) is 5.91 Å². The summed E-state index contributed by atoms with van der Waals surface area (Å²) in [6.07, 6.45) is 2.43. The summed E-state index contributed by atoms with van der Waals surface area (Å²) in [4.78, 5) is 21.1. The molecule has 1 aromatic carbocycles. The van der Waals surface area contributed by atoms with Gasteiger partial charge in [0.15, 0.2) is 5.13 Å². The van der Waals surface area contributed by atoms with E-state index in [1.54, 1.807) is 35.3 Å². The Labute approximate surface area is 151 Å². The van der Waals surface area contributed by atoms with Crippen LogP contribution in [0.2, 0.25) is 0 Å². The standard InChI is InChI=1S/C18H23FN4OS/c1-3-22(15-8-9-15)18-21-14(11-25-18)10-23(17(24)12(2)20)16-6-4-13(19)5-7-16/h4-7,11-12,15H,3,8-10,20H2,1-2H3/t12-/m0/s1. The lowest BCUT2D eigenvalue weighted by Gasteiger charge is -2.24. The highest BCUT2D eigenvalue weighted by Crippen LogP contribution is 2.33. The molecule has 1 aliphatic rings. The Balaban J connectivity index is 1.81. The summed E-state index contributed by atoms with van der Waals surface area (Å²) in [6, 6.07) is 5.82. The number of hydrogen-bond acceptors (Lipinski definition) is 5. The van der Waals surface area contributed by atoms with E-state index in [0.29, 0.717) is 18.3 Å². The first-order valence-electron chi connectivity index (χ1n) is 8.53. The van der Waals surface area contributed by atoms with Crippen LogP contribution in [0.5, 0.6) is 0 Å². The molecule has 1 atom stereocenters. The third-order valence-electron chi connectivity index (χ3n) is 4.23. The molecule has 0 aliphatic heterocycles. The lowest BCUT2D eigenvalue weighted by molar-refractivity contribution is -0.119. The lowest BCUT2D eigenvalue weighted by atomic mass is 10.2. The van der Waals surface area contributed by atoms with Gasteiger partial charge in [0, 0.05) is 23.7 Å². The second-order valence-electron chi connectivity index (χ2n) is 6.33. The zero-order chi connectivity index (χ0) is 18.0. The number of nitrogens with zero attached hydrogens (tertiary/aromatic N) is 3. The maximum Gasteiger partial charge on any atom is 0.243 e. The van der Waals surface area contributed by atoms with Crippen molar-refractivity contribution >= 4 is 28.1 Å². The van der Waals surface area contributed by atoms with Crippen molar-refractivity contribution in [3.63, 3.8) is 0 Å². The van der Waals surface area contributed by atoms with Crippen LogP contribution in [-0.4, -0.2) is 29.5 Å². The van der Waals surface area contributed by atoms with Gasteiger partial charge >= 0.3 is 0 Å². The molecule has 7 heteroatoms. The van der Waals surface area contributed by atoms with Gasteiger partial charge in [0.1, 0.15) is 5.82 Å². The highest BCUT2D eigenvalue weighted by molar-refractivity contribution is 7.13. The normalized spacial score (nSPS) is 15.0. The molecule has 0 radical (unpaired) electrons. The second-order valence-corrected chi connectivity index (χ2v) is 7.16. The summed E-state index contributed by atoms with van der Waals surface area (Å²) in [5, 5.41) is 2.97. The van der Waals surface area contributed by atoms with E-state index >= 15 is 0 Å². The summed E-state index contributed by atoms with van der Waals surface area (Å²) in [5.74, 6) is -0.549. The average molecular weight is 362 g/mol. The summed E-state index contributed by atoms with van der Waals surface area (Å²) in [5.41, 5.74) is 7.22. The number of anilines is 2. The molecule has 1 fully saturated rings. The SMILES string of the molecule is CCN(c1nc(CN(C(=O)[C@H](C)N)c2ccc(F)cc2)cs1)C1CC1. The van der Waals surface area contributed by atoms with Gasteiger partial charge in [-0.15, -0.1) is 11.3 Å². The lowest BCUT2D eigenvalue weighted by Crippen LogP contribution is -2.42. The largest absolute Gasteiger partial charge is 0.345 e. The van der Waals surface area contributed by atoms with E-state index in [1.165, 1.54) is 25.0 Å². The number of amides is 1. The topological polar surface area (TPSA) is 62.5 Å². The Morgan fingerprint density at radius 1 is 1.40 bits per heavy atom. The maximum atomic E-state index is 13.2. The molecule has 0 bridgehead atoms. The van der Waals surface area contributed by atoms with Crippen LogP contribution in [0, 0.1) is 5.82 Å². The Hall–Kier alpha value is -1.99. The first-order chi connectivity index (χ1) is 12.0. The fourth-order valence-corrected chi connectivity index (χ4v) is 3.71. The molecule has 0 unspecified atom stereocenters. The number of rotatable bonds is 7. The van der Waals surface area contributed by atoms with Crippen molar-refractivity contribution < 1.29 is 9.18 Å². The van der Waals surface area contributed by atoms with Crippen LogP contribution in [0.25, 0.3) is 0 Å². The summed E-state index contributed by atoms with van der Waals surface area (Å²) >= 11 is 1.60. The predicted molar refractivity (Wildman–Crippen MR) is 99.4 cm³/mol. The van der Waals surface area contributed by atoms with Crippen molar-refractivity contribution in [1.82, 2.24) is 4.98 Å². The molecular formula is C18H23FN4OS. The summed E-state index contributed by atoms with van der Waals surface area (Å²) in [6.45, 7) is 5.03. The highest BCUT2D eigenvalue weighted by Gasteiger charge is 2.30. The van der Waals surface area contributed by atoms with E-state index in [9.17, 15) is 9.18 Å². The van der Waals surface area contributed by atoms with Gasteiger partial charge in [-0.05, 0) is 51.0 Å². The van der Waals surface area contributed by atoms with Crippen LogP contribution in [-0.2, 0) is 11.3 Å². The number of thiazole rings is 1. The molecule has 1 aromatic heterocycles. The number of carbonyl (C=O) groups is 1. The fourth-order valence-electron chi connectivity index (χ4n) is 2.76. The van der Waals surface area contributed by atoms with Crippen LogP contribution in [0.3, 0.4) is 0 Å². The van der Waals surface area contributed by atoms with E-state index < -0.39 is 6.04 Å². The van der Waals surface area contributed by atoms with E-state index in [1.807, 2.05) is 5.38 Å². The van der Waals surface area contributed by atoms with Gasteiger partial charge in [-0.3, -0.25) is 4.79 Å². The molecule has 1 saturated carbocycles. The molecule has 1 aliphatic carbocycles. The molecule has 0 saturated heterocycles. The highest BCUT2D eigenvalue weighted by atomic mass is 32.1. The molecule has 3 rings (SSSR count). The molecule has 0 spiro atoms. The number of halogens is 1. The molecule has 1 heterocycles. The number of hydrogen-bond donors (Lipinski definition) is 1. The van der Waals surface area contributed by atoms with Gasteiger partial charge in [-0.1, -0.05) is 0 Å². The molecule has 134 valence electrons.